The summed E-state index contributed by atoms with van der Waals surface area (Å²) in [6.45, 7) is 8.48. The van der Waals surface area contributed by atoms with E-state index in [1.807, 2.05) is 0 Å². The summed E-state index contributed by atoms with van der Waals surface area (Å²) in [6, 6.07) is 1.69. The van der Waals surface area contributed by atoms with Crippen LogP contribution in [0.25, 0.3) is 0 Å². The van der Waals surface area contributed by atoms with Crippen LogP contribution in [0.2, 0.25) is 0 Å². The van der Waals surface area contributed by atoms with E-state index in [-0.39, 0.29) is 0 Å². The van der Waals surface area contributed by atoms with Crippen molar-refractivity contribution < 1.29 is 0 Å². The summed E-state index contributed by atoms with van der Waals surface area (Å²) in [7, 11) is 0. The first-order valence-corrected chi connectivity index (χ1v) is 7.30. The molecule has 2 fully saturated rings. The third-order valence-electron chi connectivity index (χ3n) is 4.42. The summed E-state index contributed by atoms with van der Waals surface area (Å²) >= 11 is 0. The Labute approximate surface area is 101 Å². The highest BCUT2D eigenvalue weighted by atomic mass is 15.2. The molecule has 1 heterocycles. The molecule has 0 radical (unpaired) electrons. The second kappa shape index (κ2) is 6.02. The van der Waals surface area contributed by atoms with E-state index < -0.39 is 0 Å². The fourth-order valence-corrected chi connectivity index (χ4v) is 3.08. The SMILES string of the molecule is CCCNC1CC(CC)CN(C2CCC2)C1. The van der Waals surface area contributed by atoms with Gasteiger partial charge in [0.15, 0.2) is 0 Å². The van der Waals surface area contributed by atoms with E-state index in [0.29, 0.717) is 0 Å². The highest BCUT2D eigenvalue weighted by molar-refractivity contribution is 4.89. The lowest BCUT2D eigenvalue weighted by Crippen LogP contribution is -2.54. The van der Waals surface area contributed by atoms with Crippen LogP contribution in [0, 0.1) is 5.92 Å². The maximum absolute atomic E-state index is 3.73. The van der Waals surface area contributed by atoms with E-state index >= 15 is 0 Å². The van der Waals surface area contributed by atoms with E-state index in [1.165, 1.54) is 58.2 Å². The molecule has 0 aromatic carbocycles. The first kappa shape index (κ1) is 12.4. The van der Waals surface area contributed by atoms with E-state index in [2.05, 4.69) is 24.1 Å². The molecule has 0 aromatic rings. The maximum atomic E-state index is 3.73. The van der Waals surface area contributed by atoms with Gasteiger partial charge in [-0.05, 0) is 38.1 Å². The minimum Gasteiger partial charge on any atom is -0.313 e. The Bertz CT molecular complexity index is 201. The van der Waals surface area contributed by atoms with Crippen molar-refractivity contribution in [3.05, 3.63) is 0 Å². The smallest absolute Gasteiger partial charge is 0.0198 e. The average Bonchev–Trinajstić information content (AvgIpc) is 2.23. The Morgan fingerprint density at radius 3 is 2.56 bits per heavy atom. The van der Waals surface area contributed by atoms with Crippen molar-refractivity contribution in [2.45, 2.75) is 64.5 Å². The van der Waals surface area contributed by atoms with Crippen molar-refractivity contribution in [3.8, 4) is 0 Å². The van der Waals surface area contributed by atoms with Gasteiger partial charge in [-0.3, -0.25) is 4.90 Å². The molecule has 0 bridgehead atoms. The van der Waals surface area contributed by atoms with Crippen molar-refractivity contribution >= 4 is 0 Å². The summed E-state index contributed by atoms with van der Waals surface area (Å²) in [5, 5.41) is 3.73. The fourth-order valence-electron chi connectivity index (χ4n) is 3.08. The molecule has 1 aliphatic heterocycles. The molecule has 2 aliphatic rings. The third-order valence-corrected chi connectivity index (χ3v) is 4.42. The van der Waals surface area contributed by atoms with Crippen molar-refractivity contribution in [1.82, 2.24) is 10.2 Å². The van der Waals surface area contributed by atoms with E-state index in [1.54, 1.807) is 0 Å². The van der Waals surface area contributed by atoms with Gasteiger partial charge >= 0.3 is 0 Å². The Balaban J connectivity index is 1.83. The Kier molecular flexibility index (Phi) is 4.66. The number of hydrogen-bond acceptors (Lipinski definition) is 2. The number of piperidine rings is 1. The second-order valence-electron chi connectivity index (χ2n) is 5.70. The summed E-state index contributed by atoms with van der Waals surface area (Å²) in [4.78, 5) is 2.77. The van der Waals surface area contributed by atoms with Crippen LogP contribution in [0.3, 0.4) is 0 Å². The van der Waals surface area contributed by atoms with E-state index in [4.69, 9.17) is 0 Å². The van der Waals surface area contributed by atoms with Crippen molar-refractivity contribution in [3.63, 3.8) is 0 Å². The van der Waals surface area contributed by atoms with Crippen LogP contribution < -0.4 is 5.32 Å². The summed E-state index contributed by atoms with van der Waals surface area (Å²) < 4.78 is 0. The lowest BCUT2D eigenvalue weighted by molar-refractivity contribution is 0.0577. The van der Waals surface area contributed by atoms with Crippen molar-refractivity contribution in [2.24, 2.45) is 5.92 Å². The zero-order valence-electron chi connectivity index (χ0n) is 11.0. The molecule has 94 valence electrons. The molecule has 0 aromatic heterocycles. The predicted molar refractivity (Wildman–Crippen MR) is 69.7 cm³/mol. The topological polar surface area (TPSA) is 15.3 Å². The fraction of sp³-hybridized carbons (Fsp3) is 1.00. The molecule has 0 amide bonds. The van der Waals surface area contributed by atoms with E-state index in [9.17, 15) is 0 Å². The van der Waals surface area contributed by atoms with Crippen LogP contribution in [0.4, 0.5) is 0 Å². The molecule has 1 N–H and O–H groups in total. The van der Waals surface area contributed by atoms with Gasteiger partial charge in [0.05, 0.1) is 0 Å². The Morgan fingerprint density at radius 1 is 1.19 bits per heavy atom. The largest absolute Gasteiger partial charge is 0.313 e. The Hall–Kier alpha value is -0.0800. The average molecular weight is 224 g/mol. The lowest BCUT2D eigenvalue weighted by Gasteiger charge is -2.45. The van der Waals surface area contributed by atoms with Gasteiger partial charge in [0.1, 0.15) is 0 Å². The summed E-state index contributed by atoms with van der Waals surface area (Å²) in [5.41, 5.74) is 0. The number of nitrogens with one attached hydrogen (secondary N) is 1. The molecule has 1 aliphatic carbocycles. The van der Waals surface area contributed by atoms with Crippen LogP contribution in [0.1, 0.15) is 52.4 Å². The zero-order chi connectivity index (χ0) is 11.4. The molecule has 1 saturated carbocycles. The lowest BCUT2D eigenvalue weighted by atomic mass is 9.85. The molecule has 2 nitrogen and oxygen atoms in total. The molecule has 2 atom stereocenters. The van der Waals surface area contributed by atoms with Gasteiger partial charge in [-0.2, -0.15) is 0 Å². The van der Waals surface area contributed by atoms with Gasteiger partial charge in [0.25, 0.3) is 0 Å². The van der Waals surface area contributed by atoms with Gasteiger partial charge in [-0.25, -0.2) is 0 Å². The Morgan fingerprint density at radius 2 is 2.00 bits per heavy atom. The zero-order valence-corrected chi connectivity index (χ0v) is 11.0. The van der Waals surface area contributed by atoms with Crippen LogP contribution in [0.15, 0.2) is 0 Å². The number of nitrogens with zero attached hydrogens (tertiary/aromatic N) is 1. The van der Waals surface area contributed by atoms with Gasteiger partial charge in [-0.1, -0.05) is 26.7 Å². The molecule has 16 heavy (non-hydrogen) atoms. The molecular formula is C14H28N2. The monoisotopic (exact) mass is 224 g/mol. The quantitative estimate of drug-likeness (QED) is 0.772. The summed E-state index contributed by atoms with van der Waals surface area (Å²) in [5.74, 6) is 0.934. The number of rotatable bonds is 5. The highest BCUT2D eigenvalue weighted by Gasteiger charge is 2.32. The molecule has 2 heteroatoms. The molecular weight excluding hydrogens is 196 g/mol. The number of hydrogen-bond donors (Lipinski definition) is 1. The number of likely N-dealkylation sites (tertiary alicyclic amines) is 1. The first-order chi connectivity index (χ1) is 7.83. The first-order valence-electron chi connectivity index (χ1n) is 7.30. The summed E-state index contributed by atoms with van der Waals surface area (Å²) in [6.07, 6.45) is 8.39. The van der Waals surface area contributed by atoms with Crippen molar-refractivity contribution in [2.75, 3.05) is 19.6 Å². The maximum Gasteiger partial charge on any atom is 0.0198 e. The van der Waals surface area contributed by atoms with Gasteiger partial charge in [0.2, 0.25) is 0 Å². The minimum atomic E-state index is 0.763. The standard InChI is InChI=1S/C14H28N2/c1-3-8-15-13-9-12(4-2)10-16(11-13)14-6-5-7-14/h12-15H,3-11H2,1-2H3. The normalized spacial score (nSPS) is 32.6. The van der Waals surface area contributed by atoms with Crippen molar-refractivity contribution in [1.29, 1.82) is 0 Å². The molecule has 0 spiro atoms. The van der Waals surface area contributed by atoms with Crippen LogP contribution in [-0.4, -0.2) is 36.6 Å². The molecule has 2 unspecified atom stereocenters. The van der Waals surface area contributed by atoms with Gasteiger partial charge in [0, 0.05) is 25.2 Å². The van der Waals surface area contributed by atoms with Gasteiger partial charge in [-0.15, -0.1) is 0 Å². The third kappa shape index (κ3) is 2.98. The van der Waals surface area contributed by atoms with Gasteiger partial charge < -0.3 is 5.32 Å². The second-order valence-corrected chi connectivity index (χ2v) is 5.70. The highest BCUT2D eigenvalue weighted by Crippen LogP contribution is 2.30. The van der Waals surface area contributed by atoms with Crippen LogP contribution >= 0.6 is 0 Å². The van der Waals surface area contributed by atoms with Crippen LogP contribution in [0.5, 0.6) is 0 Å². The minimum absolute atomic E-state index is 0.763. The molecule has 1 saturated heterocycles. The predicted octanol–water partition coefficient (Wildman–Crippen LogP) is 2.64. The molecule has 2 rings (SSSR count). The van der Waals surface area contributed by atoms with Crippen LogP contribution in [-0.2, 0) is 0 Å². The van der Waals surface area contributed by atoms with E-state index in [0.717, 1.165) is 18.0 Å².